The molecule has 3 amide bonds. The zero-order valence-electron chi connectivity index (χ0n) is 16.6. The van der Waals surface area contributed by atoms with Crippen molar-refractivity contribution in [2.75, 3.05) is 18.9 Å². The number of piperidine rings is 1. The predicted molar refractivity (Wildman–Crippen MR) is 111 cm³/mol. The zero-order valence-corrected chi connectivity index (χ0v) is 18.2. The molecule has 1 aromatic heterocycles. The van der Waals surface area contributed by atoms with Gasteiger partial charge in [-0.2, -0.15) is 0 Å². The Morgan fingerprint density at radius 3 is 2.83 bits per heavy atom. The normalized spacial score (nSPS) is 24.2. The topological polar surface area (TPSA) is 103 Å². The van der Waals surface area contributed by atoms with Gasteiger partial charge in [0.05, 0.1) is 0 Å². The number of amides is 3. The summed E-state index contributed by atoms with van der Waals surface area (Å²) in [5, 5.41) is 12.2. The third-order valence-corrected chi connectivity index (χ3v) is 6.13. The number of allylic oxidation sites excluding steroid dienone is 1. The number of rotatable bonds is 8. The maximum Gasteiger partial charge on any atom is 0.408 e. The Bertz CT molecular complexity index is 862. The molecule has 30 heavy (non-hydrogen) atoms. The number of carbonyl (C=O) groups excluding carboxylic acids is 2. The van der Waals surface area contributed by atoms with Gasteiger partial charge in [-0.1, -0.05) is 6.08 Å². The molecule has 0 radical (unpaired) electrons. The molecule has 2 aliphatic rings. The van der Waals surface area contributed by atoms with Crippen LogP contribution < -0.4 is 5.32 Å². The summed E-state index contributed by atoms with van der Waals surface area (Å²) < 4.78 is 13.8. The second kappa shape index (κ2) is 8.71. The minimum atomic E-state index is -1.19. The lowest BCUT2D eigenvalue weighted by atomic mass is 9.98. The van der Waals surface area contributed by atoms with Crippen LogP contribution in [-0.2, 0) is 9.59 Å². The third kappa shape index (κ3) is 4.63. The number of fused-ring (bicyclic) bond motifs is 1. The van der Waals surface area contributed by atoms with Crippen molar-refractivity contribution in [2.45, 2.75) is 44.2 Å². The zero-order chi connectivity index (χ0) is 22.1. The van der Waals surface area contributed by atoms with Crippen molar-refractivity contribution in [2.24, 2.45) is 5.41 Å². The molecule has 0 bridgehead atoms. The predicted octanol–water partition coefficient (Wildman–Crippen LogP) is 3.25. The van der Waals surface area contributed by atoms with E-state index in [1.165, 1.54) is 0 Å². The number of aromatic nitrogens is 1. The maximum absolute atomic E-state index is 13.6. The van der Waals surface area contributed by atoms with Gasteiger partial charge in [0.2, 0.25) is 11.8 Å². The van der Waals surface area contributed by atoms with Gasteiger partial charge in [-0.05, 0) is 41.6 Å². The lowest BCUT2D eigenvalue weighted by Crippen LogP contribution is -2.45. The molecule has 10 heteroatoms. The van der Waals surface area contributed by atoms with Crippen LogP contribution in [0, 0.1) is 11.2 Å². The van der Waals surface area contributed by atoms with E-state index in [4.69, 9.17) is 0 Å². The SMILES string of the molecule is C=CCCCC(=O)N(C)CC12CC(C(=O)Nc3cc(F)cc(Br)n3)N(C(=O)O)C1C2. The van der Waals surface area contributed by atoms with Crippen molar-refractivity contribution in [3.63, 3.8) is 0 Å². The molecule has 162 valence electrons. The minimum absolute atomic E-state index is 0.00125. The number of pyridine rings is 1. The van der Waals surface area contributed by atoms with E-state index in [9.17, 15) is 23.9 Å². The van der Waals surface area contributed by atoms with Crippen LogP contribution in [0.25, 0.3) is 0 Å². The average molecular weight is 483 g/mol. The van der Waals surface area contributed by atoms with Crippen LogP contribution in [0.2, 0.25) is 0 Å². The Balaban J connectivity index is 1.68. The maximum atomic E-state index is 13.6. The monoisotopic (exact) mass is 482 g/mol. The summed E-state index contributed by atoms with van der Waals surface area (Å²) in [6.45, 7) is 4.03. The molecule has 1 aliphatic carbocycles. The first kappa shape index (κ1) is 22.2. The van der Waals surface area contributed by atoms with Crippen LogP contribution in [0.15, 0.2) is 29.4 Å². The molecule has 0 aromatic carbocycles. The number of hydrogen-bond acceptors (Lipinski definition) is 4. The van der Waals surface area contributed by atoms with E-state index >= 15 is 0 Å². The Labute approximate surface area is 182 Å². The minimum Gasteiger partial charge on any atom is -0.465 e. The number of nitrogens with one attached hydrogen (secondary N) is 1. The first-order chi connectivity index (χ1) is 14.2. The van der Waals surface area contributed by atoms with Crippen molar-refractivity contribution < 1.29 is 23.9 Å². The van der Waals surface area contributed by atoms with Crippen LogP contribution in [0.1, 0.15) is 32.1 Å². The standard InChI is InChI=1S/C20H24BrFN4O4/c1-3-4-5-6-17(27)25(2)11-20-9-13(26(19(29)30)14(20)10-20)18(28)24-16-8-12(22)7-15(21)23-16/h3,7-8,13-14H,1,4-6,9-11H2,2H3,(H,29,30)(H,23,24,28). The van der Waals surface area contributed by atoms with Crippen LogP contribution in [-0.4, -0.2) is 63.5 Å². The first-order valence-corrected chi connectivity index (χ1v) is 10.5. The molecule has 1 saturated carbocycles. The number of hydrogen-bond donors (Lipinski definition) is 2. The van der Waals surface area contributed by atoms with Crippen molar-refractivity contribution in [1.82, 2.24) is 14.8 Å². The molecule has 8 nitrogen and oxygen atoms in total. The van der Waals surface area contributed by atoms with E-state index in [0.717, 1.165) is 23.5 Å². The van der Waals surface area contributed by atoms with Crippen LogP contribution >= 0.6 is 15.9 Å². The molecule has 1 aromatic rings. The van der Waals surface area contributed by atoms with Crippen LogP contribution in [0.4, 0.5) is 15.0 Å². The summed E-state index contributed by atoms with van der Waals surface area (Å²) in [5.41, 5.74) is -0.431. The van der Waals surface area contributed by atoms with Gasteiger partial charge in [-0.3, -0.25) is 14.5 Å². The molecule has 3 unspecified atom stereocenters. The number of carbonyl (C=O) groups is 3. The summed E-state index contributed by atoms with van der Waals surface area (Å²) in [5.74, 6) is -1.15. The van der Waals surface area contributed by atoms with Crippen molar-refractivity contribution in [3.8, 4) is 0 Å². The third-order valence-electron chi connectivity index (χ3n) is 5.73. The number of carboxylic acid groups (broad SMARTS) is 1. The number of unbranched alkanes of at least 4 members (excludes halogenated alkanes) is 1. The molecule has 1 aliphatic heterocycles. The Hall–Kier alpha value is -2.49. The fourth-order valence-corrected chi connectivity index (χ4v) is 4.66. The largest absolute Gasteiger partial charge is 0.465 e. The van der Waals surface area contributed by atoms with Crippen molar-refractivity contribution in [3.05, 3.63) is 35.2 Å². The lowest BCUT2D eigenvalue weighted by Gasteiger charge is -2.24. The van der Waals surface area contributed by atoms with Gasteiger partial charge in [0.15, 0.2) is 0 Å². The van der Waals surface area contributed by atoms with Gasteiger partial charge in [0.1, 0.15) is 22.3 Å². The van der Waals surface area contributed by atoms with Crippen LogP contribution in [0.3, 0.4) is 0 Å². The molecule has 0 spiro atoms. The summed E-state index contributed by atoms with van der Waals surface area (Å²) in [6.07, 6.45) is 3.36. The van der Waals surface area contributed by atoms with Crippen LogP contribution in [0.5, 0.6) is 0 Å². The van der Waals surface area contributed by atoms with Gasteiger partial charge >= 0.3 is 6.09 Å². The number of nitrogens with zero attached hydrogens (tertiary/aromatic N) is 3. The highest BCUT2D eigenvalue weighted by Crippen LogP contribution is 2.60. The highest BCUT2D eigenvalue weighted by Gasteiger charge is 2.67. The number of halogens is 2. The summed E-state index contributed by atoms with van der Waals surface area (Å²) in [6, 6.07) is 0.978. The van der Waals surface area contributed by atoms with E-state index in [1.54, 1.807) is 18.0 Å². The van der Waals surface area contributed by atoms with E-state index in [0.29, 0.717) is 32.2 Å². The fraction of sp³-hybridized carbons (Fsp3) is 0.500. The molecule has 3 rings (SSSR count). The number of likely N-dealkylation sites (tertiary alicyclic amines) is 1. The van der Waals surface area contributed by atoms with E-state index in [-0.39, 0.29) is 22.4 Å². The Kier molecular flexibility index (Phi) is 6.44. The lowest BCUT2D eigenvalue weighted by molar-refractivity contribution is -0.130. The van der Waals surface area contributed by atoms with Gasteiger partial charge in [-0.25, -0.2) is 14.2 Å². The fourth-order valence-electron chi connectivity index (χ4n) is 4.25. The Morgan fingerprint density at radius 1 is 1.47 bits per heavy atom. The van der Waals surface area contributed by atoms with Gasteiger partial charge in [0.25, 0.3) is 0 Å². The second-order valence-corrected chi connectivity index (χ2v) is 8.72. The molecular formula is C20H24BrFN4O4. The molecule has 2 N–H and O–H groups in total. The molecule has 1 saturated heterocycles. The van der Waals surface area contributed by atoms with E-state index < -0.39 is 29.3 Å². The Morgan fingerprint density at radius 2 is 2.20 bits per heavy atom. The van der Waals surface area contributed by atoms with Crippen molar-refractivity contribution in [1.29, 1.82) is 0 Å². The second-order valence-electron chi connectivity index (χ2n) is 7.91. The molecule has 3 atom stereocenters. The highest BCUT2D eigenvalue weighted by atomic mass is 79.9. The van der Waals surface area contributed by atoms with Gasteiger partial charge in [0, 0.05) is 43.6 Å². The summed E-state index contributed by atoms with van der Waals surface area (Å²) in [7, 11) is 1.70. The first-order valence-electron chi connectivity index (χ1n) is 9.67. The van der Waals surface area contributed by atoms with E-state index in [2.05, 4.69) is 32.8 Å². The molecule has 2 heterocycles. The summed E-state index contributed by atoms with van der Waals surface area (Å²) in [4.78, 5) is 43.7. The van der Waals surface area contributed by atoms with Gasteiger partial charge < -0.3 is 15.3 Å². The smallest absolute Gasteiger partial charge is 0.408 e. The molecular weight excluding hydrogens is 459 g/mol. The van der Waals surface area contributed by atoms with Crippen molar-refractivity contribution >= 4 is 39.7 Å². The van der Waals surface area contributed by atoms with Gasteiger partial charge in [-0.15, -0.1) is 6.58 Å². The number of anilines is 1. The average Bonchev–Trinajstić information content (AvgIpc) is 3.23. The molecule has 2 fully saturated rings. The van der Waals surface area contributed by atoms with E-state index in [1.807, 2.05) is 0 Å². The quantitative estimate of drug-likeness (QED) is 0.336. The highest BCUT2D eigenvalue weighted by molar-refractivity contribution is 9.10. The summed E-state index contributed by atoms with van der Waals surface area (Å²) >= 11 is 3.06.